The molecular weight excluding hydrogens is 355 g/mol. The molecule has 24 heavy (non-hydrogen) atoms. The average Bonchev–Trinajstić information content (AvgIpc) is 2.50. The zero-order chi connectivity index (χ0) is 18.3. The van der Waals surface area contributed by atoms with Gasteiger partial charge in [0.15, 0.2) is 0 Å². The summed E-state index contributed by atoms with van der Waals surface area (Å²) in [5.74, 6) is -0.891. The predicted octanol–water partition coefficient (Wildman–Crippen LogP) is 2.10. The van der Waals surface area contributed by atoms with Crippen LogP contribution in [-0.2, 0) is 9.59 Å². The van der Waals surface area contributed by atoms with Gasteiger partial charge in [-0.1, -0.05) is 29.3 Å². The second-order valence-corrected chi connectivity index (χ2v) is 5.90. The van der Waals surface area contributed by atoms with Crippen LogP contribution in [0.15, 0.2) is 18.2 Å². The molecule has 0 aromatic heterocycles. The maximum absolute atomic E-state index is 12.1. The van der Waals surface area contributed by atoms with Gasteiger partial charge in [0.25, 0.3) is 0 Å². The van der Waals surface area contributed by atoms with Crippen molar-refractivity contribution in [2.75, 3.05) is 25.5 Å². The van der Waals surface area contributed by atoms with Crippen molar-refractivity contribution in [2.24, 2.45) is 0 Å². The fraction of sp³-hybridized carbons (Fsp3) is 0.400. The summed E-state index contributed by atoms with van der Waals surface area (Å²) < 4.78 is 0. The van der Waals surface area contributed by atoms with Crippen LogP contribution in [0, 0.1) is 0 Å². The number of carbonyl (C=O) groups is 3. The summed E-state index contributed by atoms with van der Waals surface area (Å²) in [6, 6.07) is 3.63. The lowest BCUT2D eigenvalue weighted by atomic mass is 10.2. The van der Waals surface area contributed by atoms with E-state index in [2.05, 4.69) is 16.0 Å². The first-order valence-electron chi connectivity index (χ1n) is 7.29. The topological polar surface area (TPSA) is 90.5 Å². The molecule has 7 nitrogen and oxygen atoms in total. The van der Waals surface area contributed by atoms with E-state index in [-0.39, 0.29) is 12.5 Å². The van der Waals surface area contributed by atoms with Gasteiger partial charge in [0.1, 0.15) is 0 Å². The Morgan fingerprint density at radius 3 is 2.33 bits per heavy atom. The number of likely N-dealkylation sites (N-methyl/N-ethyl adjacent to an activating group) is 1. The normalized spacial score (nSPS) is 11.8. The molecule has 1 unspecified atom stereocenters. The van der Waals surface area contributed by atoms with Gasteiger partial charge in [0, 0.05) is 6.54 Å². The first kappa shape index (κ1) is 20.2. The Morgan fingerprint density at radius 1 is 1.21 bits per heavy atom. The summed E-state index contributed by atoms with van der Waals surface area (Å²) in [7, 11) is 1.59. The van der Waals surface area contributed by atoms with E-state index in [0.717, 1.165) is 0 Å². The maximum atomic E-state index is 12.1. The van der Waals surface area contributed by atoms with Crippen molar-refractivity contribution in [3.63, 3.8) is 0 Å². The Morgan fingerprint density at radius 2 is 1.79 bits per heavy atom. The van der Waals surface area contributed by atoms with Crippen molar-refractivity contribution in [1.29, 1.82) is 0 Å². The van der Waals surface area contributed by atoms with Crippen LogP contribution in [0.5, 0.6) is 0 Å². The van der Waals surface area contributed by atoms with Gasteiger partial charge in [0.2, 0.25) is 11.8 Å². The quantitative estimate of drug-likeness (QED) is 0.710. The molecule has 0 heterocycles. The van der Waals surface area contributed by atoms with Crippen LogP contribution < -0.4 is 16.0 Å². The minimum Gasteiger partial charge on any atom is -0.338 e. The summed E-state index contributed by atoms with van der Waals surface area (Å²) in [5, 5.41) is 7.90. The number of imide groups is 1. The summed E-state index contributed by atoms with van der Waals surface area (Å²) in [6.07, 6.45) is 0. The van der Waals surface area contributed by atoms with Gasteiger partial charge in [-0.2, -0.15) is 0 Å². The van der Waals surface area contributed by atoms with E-state index >= 15 is 0 Å². The molecule has 0 saturated heterocycles. The lowest BCUT2D eigenvalue weighted by Crippen LogP contribution is -2.50. The lowest BCUT2D eigenvalue weighted by molar-refractivity contribution is -0.125. The number of urea groups is 1. The minimum atomic E-state index is -0.680. The molecule has 3 N–H and O–H groups in total. The highest BCUT2D eigenvalue weighted by molar-refractivity contribution is 6.39. The van der Waals surface area contributed by atoms with E-state index in [1.54, 1.807) is 39.1 Å². The van der Waals surface area contributed by atoms with Gasteiger partial charge < -0.3 is 10.6 Å². The van der Waals surface area contributed by atoms with Gasteiger partial charge in [0.05, 0.1) is 28.3 Å². The molecule has 1 aromatic carbocycles. The first-order valence-corrected chi connectivity index (χ1v) is 8.04. The highest BCUT2D eigenvalue weighted by Gasteiger charge is 2.22. The van der Waals surface area contributed by atoms with Crippen LogP contribution in [0.3, 0.4) is 0 Å². The molecule has 1 atom stereocenters. The highest BCUT2D eigenvalue weighted by atomic mass is 35.5. The summed E-state index contributed by atoms with van der Waals surface area (Å²) in [6.45, 7) is 3.66. The first-order chi connectivity index (χ1) is 11.3. The molecule has 0 aliphatic heterocycles. The molecule has 0 fully saturated rings. The Balaban J connectivity index is 2.60. The number of halogens is 2. The number of hydrogen-bond acceptors (Lipinski definition) is 4. The SMILES string of the molecule is CCNC(=O)NC(=O)C(C)N(C)CC(=O)Nc1c(Cl)cccc1Cl. The standard InChI is InChI=1S/C15H20Cl2N4O3/c1-4-18-15(24)20-14(23)9(2)21(3)8-12(22)19-13-10(16)6-5-7-11(13)17/h5-7,9H,4,8H2,1-3H3,(H,19,22)(H2,18,20,23,24). The second kappa shape index (κ2) is 9.46. The van der Waals surface area contributed by atoms with Crippen molar-refractivity contribution >= 4 is 46.7 Å². The highest BCUT2D eigenvalue weighted by Crippen LogP contribution is 2.29. The fourth-order valence-electron chi connectivity index (χ4n) is 1.78. The van der Waals surface area contributed by atoms with E-state index in [1.165, 1.54) is 4.90 Å². The maximum Gasteiger partial charge on any atom is 0.321 e. The summed E-state index contributed by atoms with van der Waals surface area (Å²) in [4.78, 5) is 36.9. The van der Waals surface area contributed by atoms with Gasteiger partial charge >= 0.3 is 6.03 Å². The van der Waals surface area contributed by atoms with Gasteiger partial charge in [-0.15, -0.1) is 0 Å². The van der Waals surface area contributed by atoms with E-state index in [4.69, 9.17) is 23.2 Å². The van der Waals surface area contributed by atoms with Crippen molar-refractivity contribution in [2.45, 2.75) is 19.9 Å². The van der Waals surface area contributed by atoms with Crippen LogP contribution in [0.1, 0.15) is 13.8 Å². The third kappa shape index (κ3) is 5.99. The van der Waals surface area contributed by atoms with Crippen LogP contribution in [-0.4, -0.2) is 48.9 Å². The van der Waals surface area contributed by atoms with E-state index in [0.29, 0.717) is 22.3 Å². The average molecular weight is 375 g/mol. The van der Waals surface area contributed by atoms with Crippen molar-refractivity contribution in [3.8, 4) is 0 Å². The molecule has 0 radical (unpaired) electrons. The molecule has 4 amide bonds. The molecule has 0 saturated carbocycles. The minimum absolute atomic E-state index is 0.0778. The van der Waals surface area contributed by atoms with Crippen molar-refractivity contribution < 1.29 is 14.4 Å². The summed E-state index contributed by atoms with van der Waals surface area (Å²) >= 11 is 12.0. The number of benzene rings is 1. The molecular formula is C15H20Cl2N4O3. The Labute approximate surface area is 150 Å². The number of para-hydroxylation sites is 1. The number of nitrogens with one attached hydrogen (secondary N) is 3. The summed E-state index contributed by atoms with van der Waals surface area (Å²) in [5.41, 5.74) is 0.318. The molecule has 9 heteroatoms. The van der Waals surface area contributed by atoms with Crippen molar-refractivity contribution in [3.05, 3.63) is 28.2 Å². The third-order valence-electron chi connectivity index (χ3n) is 3.23. The molecule has 132 valence electrons. The lowest BCUT2D eigenvalue weighted by Gasteiger charge is -2.23. The Hall–Kier alpha value is -1.83. The molecule has 1 rings (SSSR count). The van der Waals surface area contributed by atoms with E-state index in [9.17, 15) is 14.4 Å². The number of anilines is 1. The zero-order valence-corrected chi connectivity index (χ0v) is 15.2. The van der Waals surface area contributed by atoms with Crippen LogP contribution in [0.25, 0.3) is 0 Å². The smallest absolute Gasteiger partial charge is 0.321 e. The number of nitrogens with zero attached hydrogens (tertiary/aromatic N) is 1. The van der Waals surface area contributed by atoms with Gasteiger partial charge in [-0.3, -0.25) is 19.8 Å². The molecule has 0 bridgehead atoms. The molecule has 0 spiro atoms. The largest absolute Gasteiger partial charge is 0.338 e. The Bertz CT molecular complexity index is 604. The monoisotopic (exact) mass is 374 g/mol. The number of rotatable bonds is 6. The third-order valence-corrected chi connectivity index (χ3v) is 3.86. The van der Waals surface area contributed by atoms with Gasteiger partial charge in [-0.05, 0) is 33.0 Å². The van der Waals surface area contributed by atoms with Crippen LogP contribution in [0.4, 0.5) is 10.5 Å². The molecule has 0 aliphatic carbocycles. The zero-order valence-electron chi connectivity index (χ0n) is 13.7. The van der Waals surface area contributed by atoms with E-state index in [1.807, 2.05) is 0 Å². The van der Waals surface area contributed by atoms with E-state index < -0.39 is 18.0 Å². The predicted molar refractivity (Wildman–Crippen MR) is 94.4 cm³/mol. The number of amides is 4. The fourth-order valence-corrected chi connectivity index (χ4v) is 2.27. The second-order valence-electron chi connectivity index (χ2n) is 5.08. The van der Waals surface area contributed by atoms with Crippen molar-refractivity contribution in [1.82, 2.24) is 15.5 Å². The molecule has 1 aromatic rings. The van der Waals surface area contributed by atoms with Gasteiger partial charge in [-0.25, -0.2) is 4.79 Å². The number of hydrogen-bond donors (Lipinski definition) is 3. The number of carbonyl (C=O) groups excluding carboxylic acids is 3. The van der Waals surface area contributed by atoms with Crippen LogP contribution >= 0.6 is 23.2 Å². The van der Waals surface area contributed by atoms with Crippen LogP contribution in [0.2, 0.25) is 10.0 Å². The molecule has 0 aliphatic rings. The Kier molecular flexibility index (Phi) is 7.97.